The Morgan fingerprint density at radius 3 is 2.32 bits per heavy atom. The summed E-state index contributed by atoms with van der Waals surface area (Å²) in [6.07, 6.45) is 0. The third kappa shape index (κ3) is 4.62. The first-order valence-electron chi connectivity index (χ1n) is 11.9. The second-order valence-electron chi connectivity index (χ2n) is 8.67. The summed E-state index contributed by atoms with van der Waals surface area (Å²) >= 11 is 1.25. The maximum atomic E-state index is 13.5. The highest BCUT2D eigenvalue weighted by Crippen LogP contribution is 2.44. The van der Waals surface area contributed by atoms with E-state index in [0.29, 0.717) is 43.7 Å². The van der Waals surface area contributed by atoms with Gasteiger partial charge in [-0.2, -0.15) is 0 Å². The number of aryl methyl sites for hydroxylation is 1. The number of thiophene rings is 1. The van der Waals surface area contributed by atoms with Crippen LogP contribution in [0.15, 0.2) is 72.8 Å². The Hall–Kier alpha value is -4.56. The third-order valence-corrected chi connectivity index (χ3v) is 7.40. The zero-order chi connectivity index (χ0) is 26.8. The molecule has 0 saturated carbocycles. The standard InChI is InChI=1S/C30H27N3O4S/c1-17-9-11-18(12-10-17)22-16-21(20-7-5-6-8-24(20)36-3)26-27(31)28(38-30(26)33-22)29(34)32-23-15-19(35-2)13-14-25(23)37-4/h5-16H,31H2,1-4H3,(H,32,34). The highest BCUT2D eigenvalue weighted by Gasteiger charge is 2.23. The first-order chi connectivity index (χ1) is 18.4. The maximum Gasteiger partial charge on any atom is 0.268 e. The van der Waals surface area contributed by atoms with Gasteiger partial charge in [0, 0.05) is 22.6 Å². The number of para-hydroxylation sites is 1. The number of hydrogen-bond acceptors (Lipinski definition) is 7. The van der Waals surface area contributed by atoms with Crippen molar-refractivity contribution in [1.82, 2.24) is 4.98 Å². The van der Waals surface area contributed by atoms with E-state index in [4.69, 9.17) is 24.9 Å². The lowest BCUT2D eigenvalue weighted by molar-refractivity contribution is 0.103. The molecule has 3 aromatic carbocycles. The topological polar surface area (TPSA) is 95.7 Å². The van der Waals surface area contributed by atoms with Crippen molar-refractivity contribution in [3.8, 4) is 39.6 Å². The number of aromatic nitrogens is 1. The molecule has 0 spiro atoms. The number of benzene rings is 3. The highest BCUT2D eigenvalue weighted by molar-refractivity contribution is 7.21. The summed E-state index contributed by atoms with van der Waals surface area (Å²) < 4.78 is 16.4. The zero-order valence-corrected chi connectivity index (χ0v) is 22.3. The summed E-state index contributed by atoms with van der Waals surface area (Å²) in [5, 5.41) is 3.63. The summed E-state index contributed by atoms with van der Waals surface area (Å²) in [5.41, 5.74) is 12.1. The number of anilines is 2. The minimum Gasteiger partial charge on any atom is -0.497 e. The van der Waals surface area contributed by atoms with Crippen molar-refractivity contribution in [2.24, 2.45) is 0 Å². The van der Waals surface area contributed by atoms with Crippen LogP contribution in [0.4, 0.5) is 11.4 Å². The smallest absolute Gasteiger partial charge is 0.268 e. The van der Waals surface area contributed by atoms with Gasteiger partial charge >= 0.3 is 0 Å². The van der Waals surface area contributed by atoms with Gasteiger partial charge in [-0.1, -0.05) is 48.0 Å². The van der Waals surface area contributed by atoms with Crippen molar-refractivity contribution in [3.63, 3.8) is 0 Å². The molecule has 3 N–H and O–H groups in total. The Morgan fingerprint density at radius 1 is 0.868 bits per heavy atom. The Balaban J connectivity index is 1.68. The van der Waals surface area contributed by atoms with E-state index in [2.05, 4.69) is 5.32 Å². The van der Waals surface area contributed by atoms with E-state index in [0.717, 1.165) is 27.9 Å². The molecular weight excluding hydrogens is 498 g/mol. The van der Waals surface area contributed by atoms with Gasteiger partial charge in [0.25, 0.3) is 5.91 Å². The molecule has 1 amide bonds. The number of nitrogens with zero attached hydrogens (tertiary/aromatic N) is 1. The summed E-state index contributed by atoms with van der Waals surface area (Å²) in [6.45, 7) is 2.04. The number of fused-ring (bicyclic) bond motifs is 1. The average molecular weight is 526 g/mol. The molecule has 38 heavy (non-hydrogen) atoms. The number of methoxy groups -OCH3 is 3. The fraction of sp³-hybridized carbons (Fsp3) is 0.133. The number of nitrogens with one attached hydrogen (secondary N) is 1. The molecule has 0 radical (unpaired) electrons. The second-order valence-corrected chi connectivity index (χ2v) is 9.67. The Bertz CT molecular complexity index is 1640. The molecule has 0 aliphatic heterocycles. The molecule has 7 nitrogen and oxygen atoms in total. The van der Waals surface area contributed by atoms with Crippen LogP contribution in [0, 0.1) is 6.92 Å². The molecule has 0 fully saturated rings. The fourth-order valence-corrected chi connectivity index (χ4v) is 5.35. The Morgan fingerprint density at radius 2 is 1.61 bits per heavy atom. The van der Waals surface area contributed by atoms with Gasteiger partial charge in [0.15, 0.2) is 0 Å². The monoisotopic (exact) mass is 525 g/mol. The molecule has 0 atom stereocenters. The molecule has 0 saturated heterocycles. The van der Waals surface area contributed by atoms with E-state index >= 15 is 0 Å². The van der Waals surface area contributed by atoms with Gasteiger partial charge in [-0.3, -0.25) is 4.79 Å². The number of nitrogens with two attached hydrogens (primary N) is 1. The molecule has 5 rings (SSSR count). The van der Waals surface area contributed by atoms with Crippen LogP contribution in [-0.2, 0) is 0 Å². The minimum absolute atomic E-state index is 0.355. The van der Waals surface area contributed by atoms with Crippen LogP contribution in [0.5, 0.6) is 17.2 Å². The SMILES string of the molecule is COc1ccc(OC)c(NC(=O)c2sc3nc(-c4ccc(C)cc4)cc(-c4ccccc4OC)c3c2N)c1. The molecule has 5 aromatic rings. The number of amides is 1. The first-order valence-corrected chi connectivity index (χ1v) is 12.7. The number of carbonyl (C=O) groups is 1. The van der Waals surface area contributed by atoms with Crippen molar-refractivity contribution in [2.45, 2.75) is 6.92 Å². The van der Waals surface area contributed by atoms with Crippen LogP contribution < -0.4 is 25.3 Å². The van der Waals surface area contributed by atoms with Crippen molar-refractivity contribution >= 4 is 38.8 Å². The van der Waals surface area contributed by atoms with E-state index in [1.54, 1.807) is 39.5 Å². The predicted octanol–water partition coefficient (Wildman–Crippen LogP) is 6.80. The van der Waals surface area contributed by atoms with Crippen LogP contribution in [-0.4, -0.2) is 32.2 Å². The van der Waals surface area contributed by atoms with Gasteiger partial charge in [0.05, 0.1) is 38.4 Å². The lowest BCUT2D eigenvalue weighted by Crippen LogP contribution is -2.13. The van der Waals surface area contributed by atoms with Gasteiger partial charge in [-0.15, -0.1) is 11.3 Å². The van der Waals surface area contributed by atoms with Gasteiger partial charge < -0.3 is 25.3 Å². The number of carbonyl (C=O) groups excluding carboxylic acids is 1. The predicted molar refractivity (Wildman–Crippen MR) is 154 cm³/mol. The van der Waals surface area contributed by atoms with Crippen molar-refractivity contribution in [3.05, 3.63) is 83.2 Å². The molecule has 0 aliphatic rings. The molecule has 0 bridgehead atoms. The van der Waals surface area contributed by atoms with E-state index < -0.39 is 0 Å². The fourth-order valence-electron chi connectivity index (χ4n) is 4.33. The zero-order valence-electron chi connectivity index (χ0n) is 21.5. The first kappa shape index (κ1) is 25.1. The number of nitrogen functional groups attached to an aromatic ring is 1. The maximum absolute atomic E-state index is 13.5. The average Bonchev–Trinajstić information content (AvgIpc) is 3.29. The van der Waals surface area contributed by atoms with Crippen LogP contribution in [0.2, 0.25) is 0 Å². The summed E-state index contributed by atoms with van der Waals surface area (Å²) in [5.74, 6) is 1.44. The highest BCUT2D eigenvalue weighted by atomic mass is 32.1. The Kier molecular flexibility index (Phi) is 6.89. The van der Waals surface area contributed by atoms with Gasteiger partial charge in [0.2, 0.25) is 0 Å². The van der Waals surface area contributed by atoms with Crippen LogP contribution in [0.1, 0.15) is 15.2 Å². The number of rotatable bonds is 7. The lowest BCUT2D eigenvalue weighted by atomic mass is 9.98. The molecule has 192 valence electrons. The van der Waals surface area contributed by atoms with Crippen LogP contribution >= 0.6 is 11.3 Å². The molecule has 2 aromatic heterocycles. The third-order valence-electron chi connectivity index (χ3n) is 6.30. The van der Waals surface area contributed by atoms with Crippen LogP contribution in [0.25, 0.3) is 32.6 Å². The van der Waals surface area contributed by atoms with E-state index in [-0.39, 0.29) is 5.91 Å². The van der Waals surface area contributed by atoms with Gasteiger partial charge in [-0.25, -0.2) is 4.98 Å². The largest absolute Gasteiger partial charge is 0.497 e. The molecule has 0 aliphatic carbocycles. The summed E-state index contributed by atoms with van der Waals surface area (Å²) in [6, 6.07) is 23.1. The number of ether oxygens (including phenoxy) is 3. The van der Waals surface area contributed by atoms with Gasteiger partial charge in [0.1, 0.15) is 27.0 Å². The quantitative estimate of drug-likeness (QED) is 0.243. The molecular formula is C30H27N3O4S. The summed E-state index contributed by atoms with van der Waals surface area (Å²) in [4.78, 5) is 19.4. The molecule has 2 heterocycles. The molecule has 0 unspecified atom stereocenters. The van der Waals surface area contributed by atoms with E-state index in [1.165, 1.54) is 11.3 Å². The summed E-state index contributed by atoms with van der Waals surface area (Å²) in [7, 11) is 4.74. The van der Waals surface area contributed by atoms with E-state index in [9.17, 15) is 4.79 Å². The number of hydrogen-bond donors (Lipinski definition) is 2. The van der Waals surface area contributed by atoms with E-state index in [1.807, 2.05) is 61.5 Å². The van der Waals surface area contributed by atoms with Crippen molar-refractivity contribution < 1.29 is 19.0 Å². The van der Waals surface area contributed by atoms with Crippen molar-refractivity contribution in [1.29, 1.82) is 0 Å². The van der Waals surface area contributed by atoms with Crippen LogP contribution in [0.3, 0.4) is 0 Å². The second kappa shape index (κ2) is 10.4. The lowest BCUT2D eigenvalue weighted by Gasteiger charge is -2.13. The number of pyridine rings is 1. The Labute approximate surface area is 224 Å². The normalized spacial score (nSPS) is 10.8. The molecule has 8 heteroatoms. The van der Waals surface area contributed by atoms with Gasteiger partial charge in [-0.05, 0) is 36.8 Å². The van der Waals surface area contributed by atoms with Crippen molar-refractivity contribution in [2.75, 3.05) is 32.4 Å². The minimum atomic E-state index is -0.361.